The molecule has 166 valence electrons. The molecule has 0 fully saturated rings. The van der Waals surface area contributed by atoms with Gasteiger partial charge >= 0.3 is 0 Å². The number of nitrogens with zero attached hydrogens (tertiary/aromatic N) is 1. The minimum atomic E-state index is -0.295. The van der Waals surface area contributed by atoms with E-state index in [2.05, 4.69) is 41.6 Å². The number of fused-ring (bicyclic) bond motifs is 1. The largest absolute Gasteiger partial charge is 0.436 e. The van der Waals surface area contributed by atoms with Crippen molar-refractivity contribution in [2.24, 2.45) is 0 Å². The first-order valence-corrected chi connectivity index (χ1v) is 11.3. The zero-order chi connectivity index (χ0) is 23.2. The minimum Gasteiger partial charge on any atom is -0.436 e. The maximum Gasteiger partial charge on any atom is 0.250 e. The van der Waals surface area contributed by atoms with Gasteiger partial charge in [0.05, 0.1) is 0 Å². The van der Waals surface area contributed by atoms with Crippen LogP contribution in [0.4, 0.5) is 5.69 Å². The van der Waals surface area contributed by atoms with Gasteiger partial charge in [-0.25, -0.2) is 4.98 Å². The predicted molar refractivity (Wildman–Crippen MR) is 138 cm³/mol. The second kappa shape index (κ2) is 10.2. The Hall–Kier alpha value is -3.77. The van der Waals surface area contributed by atoms with Crippen LogP contribution in [-0.4, -0.2) is 16.0 Å². The molecule has 0 spiro atoms. The summed E-state index contributed by atoms with van der Waals surface area (Å²) in [7, 11) is 0. The van der Waals surface area contributed by atoms with Gasteiger partial charge in [-0.2, -0.15) is 0 Å². The zero-order valence-corrected chi connectivity index (χ0v) is 19.4. The maximum absolute atomic E-state index is 12.1. The first-order chi connectivity index (χ1) is 16.0. The topological polar surface area (TPSA) is 67.2 Å². The molecule has 5 nitrogen and oxygen atoms in total. The van der Waals surface area contributed by atoms with Crippen molar-refractivity contribution >= 4 is 46.1 Å². The molecule has 0 aliphatic rings. The van der Waals surface area contributed by atoms with Crippen molar-refractivity contribution in [2.45, 2.75) is 26.2 Å². The van der Waals surface area contributed by atoms with Crippen molar-refractivity contribution in [1.29, 1.82) is 0 Å². The number of oxazole rings is 1. The van der Waals surface area contributed by atoms with Crippen LogP contribution in [0.5, 0.6) is 0 Å². The van der Waals surface area contributed by atoms with Gasteiger partial charge in [0, 0.05) is 17.3 Å². The van der Waals surface area contributed by atoms with E-state index in [0.29, 0.717) is 11.8 Å². The number of rotatable bonds is 6. The summed E-state index contributed by atoms with van der Waals surface area (Å²) in [5.74, 6) is 0.758. The van der Waals surface area contributed by atoms with E-state index in [0.717, 1.165) is 34.3 Å². The number of hydrogen-bond donors (Lipinski definition) is 2. The Kier molecular flexibility index (Phi) is 6.95. The highest BCUT2D eigenvalue weighted by molar-refractivity contribution is 7.80. The van der Waals surface area contributed by atoms with Gasteiger partial charge in [0.15, 0.2) is 10.7 Å². The molecule has 0 aliphatic heterocycles. The van der Waals surface area contributed by atoms with Gasteiger partial charge in [-0.15, -0.1) is 0 Å². The van der Waals surface area contributed by atoms with Crippen molar-refractivity contribution in [3.63, 3.8) is 0 Å². The Labute approximate surface area is 198 Å². The molecular weight excluding hydrogens is 430 g/mol. The molecule has 6 heteroatoms. The molecule has 3 aromatic carbocycles. The number of carbonyl (C=O) groups is 1. The number of thiocarbonyl (C=S) groups is 1. The standard InChI is InChI=1S/C27H25N3O2S/c1-3-18(2)21-12-15-24-23(17-21)29-26(32-24)20-10-13-22(14-11-20)28-27(33)30-25(31)16-9-19-7-5-4-6-8-19/h4-18H,3H2,1-2H3,(H2,28,30,31,33). The van der Waals surface area contributed by atoms with Crippen LogP contribution in [0, 0.1) is 0 Å². The lowest BCUT2D eigenvalue weighted by atomic mass is 9.98. The molecule has 1 heterocycles. The van der Waals surface area contributed by atoms with Gasteiger partial charge in [0.1, 0.15) is 5.52 Å². The van der Waals surface area contributed by atoms with E-state index in [1.165, 1.54) is 11.6 Å². The van der Waals surface area contributed by atoms with Crippen LogP contribution in [0.15, 0.2) is 83.3 Å². The smallest absolute Gasteiger partial charge is 0.250 e. The van der Waals surface area contributed by atoms with Crippen molar-refractivity contribution in [2.75, 3.05) is 5.32 Å². The number of carbonyl (C=O) groups excluding carboxylic acids is 1. The lowest BCUT2D eigenvalue weighted by Crippen LogP contribution is -2.32. The molecule has 1 amide bonds. The quantitative estimate of drug-likeness (QED) is 0.255. The van der Waals surface area contributed by atoms with Crippen LogP contribution in [0.1, 0.15) is 37.3 Å². The average Bonchev–Trinajstić information content (AvgIpc) is 3.26. The highest BCUT2D eigenvalue weighted by Crippen LogP contribution is 2.28. The molecule has 0 saturated heterocycles. The summed E-state index contributed by atoms with van der Waals surface area (Å²) >= 11 is 5.25. The third-order valence-electron chi connectivity index (χ3n) is 5.45. The number of nitrogens with one attached hydrogen (secondary N) is 2. The third-order valence-corrected chi connectivity index (χ3v) is 5.65. The Bertz CT molecular complexity index is 1290. The van der Waals surface area contributed by atoms with E-state index in [4.69, 9.17) is 16.6 Å². The first-order valence-electron chi connectivity index (χ1n) is 10.9. The van der Waals surface area contributed by atoms with Crippen molar-refractivity contribution in [1.82, 2.24) is 10.3 Å². The Morgan fingerprint density at radius 3 is 2.58 bits per heavy atom. The summed E-state index contributed by atoms with van der Waals surface area (Å²) < 4.78 is 5.94. The molecule has 0 saturated carbocycles. The third kappa shape index (κ3) is 5.73. The number of anilines is 1. The Morgan fingerprint density at radius 2 is 1.85 bits per heavy atom. The first kappa shape index (κ1) is 22.4. The number of hydrogen-bond acceptors (Lipinski definition) is 4. The van der Waals surface area contributed by atoms with Crippen molar-refractivity contribution < 1.29 is 9.21 Å². The fourth-order valence-electron chi connectivity index (χ4n) is 3.36. The van der Waals surface area contributed by atoms with Gasteiger partial charge in [-0.05, 0) is 78.2 Å². The van der Waals surface area contributed by atoms with E-state index in [1.807, 2.05) is 60.7 Å². The summed E-state index contributed by atoms with van der Waals surface area (Å²) in [4.78, 5) is 16.7. The monoisotopic (exact) mass is 455 g/mol. The van der Waals surface area contributed by atoms with E-state index in [9.17, 15) is 4.79 Å². The fraction of sp³-hybridized carbons (Fsp3) is 0.148. The Morgan fingerprint density at radius 1 is 1.09 bits per heavy atom. The van der Waals surface area contributed by atoms with Crippen molar-refractivity contribution in [3.8, 4) is 11.5 Å². The second-order valence-corrected chi connectivity index (χ2v) is 8.23. The van der Waals surface area contributed by atoms with Crippen LogP contribution < -0.4 is 10.6 Å². The maximum atomic E-state index is 12.1. The molecule has 1 aromatic heterocycles. The van der Waals surface area contributed by atoms with E-state index < -0.39 is 0 Å². The minimum absolute atomic E-state index is 0.227. The lowest BCUT2D eigenvalue weighted by Gasteiger charge is -2.08. The summed E-state index contributed by atoms with van der Waals surface area (Å²) in [6.45, 7) is 4.39. The molecule has 4 aromatic rings. The van der Waals surface area contributed by atoms with Crippen LogP contribution in [0.2, 0.25) is 0 Å². The van der Waals surface area contributed by atoms with Crippen LogP contribution in [0.3, 0.4) is 0 Å². The lowest BCUT2D eigenvalue weighted by molar-refractivity contribution is -0.115. The van der Waals surface area contributed by atoms with E-state index in [-0.39, 0.29) is 11.0 Å². The number of amides is 1. The average molecular weight is 456 g/mol. The summed E-state index contributed by atoms with van der Waals surface area (Å²) in [5.41, 5.74) is 5.45. The molecule has 2 N–H and O–H groups in total. The van der Waals surface area contributed by atoms with Gasteiger partial charge in [0.2, 0.25) is 11.8 Å². The number of aromatic nitrogens is 1. The van der Waals surface area contributed by atoms with Gasteiger partial charge in [0.25, 0.3) is 0 Å². The zero-order valence-electron chi connectivity index (χ0n) is 18.5. The molecule has 1 unspecified atom stereocenters. The van der Waals surface area contributed by atoms with E-state index in [1.54, 1.807) is 6.08 Å². The highest BCUT2D eigenvalue weighted by Gasteiger charge is 2.11. The molecule has 0 aliphatic carbocycles. The fourth-order valence-corrected chi connectivity index (χ4v) is 3.58. The van der Waals surface area contributed by atoms with Gasteiger partial charge < -0.3 is 9.73 Å². The van der Waals surface area contributed by atoms with Crippen LogP contribution in [-0.2, 0) is 4.79 Å². The van der Waals surface area contributed by atoms with Crippen LogP contribution in [0.25, 0.3) is 28.6 Å². The second-order valence-electron chi connectivity index (χ2n) is 7.82. The molecule has 0 radical (unpaired) electrons. The SMILES string of the molecule is CCC(C)c1ccc2oc(-c3ccc(NC(=S)NC(=O)C=Cc4ccccc4)cc3)nc2c1. The van der Waals surface area contributed by atoms with Gasteiger partial charge in [-0.1, -0.05) is 50.2 Å². The van der Waals surface area contributed by atoms with Gasteiger partial charge in [-0.3, -0.25) is 10.1 Å². The molecule has 1 atom stereocenters. The molecule has 33 heavy (non-hydrogen) atoms. The molecule has 4 rings (SSSR count). The summed E-state index contributed by atoms with van der Waals surface area (Å²) in [5, 5.41) is 5.89. The van der Waals surface area contributed by atoms with E-state index >= 15 is 0 Å². The Balaban J connectivity index is 1.38. The molecule has 0 bridgehead atoms. The normalized spacial score (nSPS) is 12.1. The molecular formula is C27H25N3O2S. The predicted octanol–water partition coefficient (Wildman–Crippen LogP) is 6.53. The summed E-state index contributed by atoms with van der Waals surface area (Å²) in [6.07, 6.45) is 4.27. The number of benzene rings is 3. The highest BCUT2D eigenvalue weighted by atomic mass is 32.1. The van der Waals surface area contributed by atoms with Crippen LogP contribution >= 0.6 is 12.2 Å². The van der Waals surface area contributed by atoms with Crippen molar-refractivity contribution in [3.05, 3.63) is 90.0 Å². The summed E-state index contributed by atoms with van der Waals surface area (Å²) in [6, 6.07) is 23.3.